The highest BCUT2D eigenvalue weighted by Crippen LogP contribution is 2.57. The van der Waals surface area contributed by atoms with E-state index >= 15 is 0 Å². The summed E-state index contributed by atoms with van der Waals surface area (Å²) in [6.45, 7) is 0. The van der Waals surface area contributed by atoms with Gasteiger partial charge >= 0.3 is 0 Å². The van der Waals surface area contributed by atoms with E-state index in [9.17, 15) is 4.79 Å². The summed E-state index contributed by atoms with van der Waals surface area (Å²) in [5.74, 6) is 0.174. The molecule has 1 aliphatic heterocycles. The van der Waals surface area contributed by atoms with Crippen LogP contribution in [0.3, 0.4) is 0 Å². The lowest BCUT2D eigenvalue weighted by atomic mass is 10.3. The number of halogens is 1. The monoisotopic (exact) mass is 269 g/mol. The molecule has 1 aromatic rings. The summed E-state index contributed by atoms with van der Waals surface area (Å²) in [7, 11) is 0. The maximum atomic E-state index is 11.7. The zero-order valence-electron chi connectivity index (χ0n) is 7.34. The number of amides is 1. The predicted molar refractivity (Wildman–Crippen MR) is 60.6 cm³/mol. The zero-order valence-corrected chi connectivity index (χ0v) is 9.74. The van der Waals surface area contributed by atoms with Crippen molar-refractivity contribution in [1.29, 1.82) is 0 Å². The number of benzene rings is 1. The summed E-state index contributed by atoms with van der Waals surface area (Å²) in [4.78, 5) is 12.9. The highest BCUT2D eigenvalue weighted by Gasteiger charge is 2.53. The lowest BCUT2D eigenvalue weighted by molar-refractivity contribution is -0.116. The Morgan fingerprint density at radius 3 is 2.93 bits per heavy atom. The molecule has 1 N–H and O–H groups in total. The van der Waals surface area contributed by atoms with E-state index in [0.29, 0.717) is 0 Å². The Bertz CT molecular complexity index is 428. The summed E-state index contributed by atoms with van der Waals surface area (Å²) < 4.78 is 0.933. The molecule has 1 spiro atoms. The molecule has 0 radical (unpaired) electrons. The van der Waals surface area contributed by atoms with E-state index in [4.69, 9.17) is 0 Å². The van der Waals surface area contributed by atoms with Crippen LogP contribution in [0.5, 0.6) is 0 Å². The number of hydrogen-bond donors (Lipinski definition) is 1. The summed E-state index contributed by atoms with van der Waals surface area (Å²) in [6, 6.07) is 5.90. The number of carbonyl (C=O) groups is 1. The first-order valence-corrected chi connectivity index (χ1v) is 6.11. The number of anilines is 1. The predicted octanol–water partition coefficient (Wildman–Crippen LogP) is 3.03. The van der Waals surface area contributed by atoms with Crippen molar-refractivity contribution in [2.75, 3.05) is 5.32 Å². The van der Waals surface area contributed by atoms with Crippen molar-refractivity contribution in [2.24, 2.45) is 0 Å². The van der Waals surface area contributed by atoms with Gasteiger partial charge in [-0.05, 0) is 40.9 Å². The molecule has 0 atom stereocenters. The molecule has 1 saturated carbocycles. The smallest absolute Gasteiger partial charge is 0.241 e. The van der Waals surface area contributed by atoms with Crippen molar-refractivity contribution >= 4 is 39.3 Å². The average Bonchev–Trinajstić information content (AvgIpc) is 2.91. The molecule has 0 unspecified atom stereocenters. The summed E-state index contributed by atoms with van der Waals surface area (Å²) in [6.07, 6.45) is 2.01. The second kappa shape index (κ2) is 2.76. The highest BCUT2D eigenvalue weighted by atomic mass is 79.9. The van der Waals surface area contributed by atoms with Gasteiger partial charge in [0.25, 0.3) is 0 Å². The standard InChI is InChI=1S/C10H8BrNOS/c11-6-2-1-3-7-8(6)14-10(4-5-10)9(13)12-7/h1-3H,4-5H2,(H,12,13). The topological polar surface area (TPSA) is 29.1 Å². The molecule has 1 aliphatic carbocycles. The van der Waals surface area contributed by atoms with Crippen molar-refractivity contribution in [1.82, 2.24) is 0 Å². The Morgan fingerprint density at radius 1 is 1.43 bits per heavy atom. The van der Waals surface area contributed by atoms with Crippen molar-refractivity contribution in [3.05, 3.63) is 22.7 Å². The van der Waals surface area contributed by atoms with Gasteiger partial charge in [-0.15, -0.1) is 11.8 Å². The van der Waals surface area contributed by atoms with Crippen LogP contribution in [-0.4, -0.2) is 10.7 Å². The molecule has 2 aliphatic rings. The fourth-order valence-corrected chi connectivity index (χ4v) is 3.48. The Balaban J connectivity index is 2.11. The molecule has 0 saturated heterocycles. The largest absolute Gasteiger partial charge is 0.324 e. The number of fused-ring (bicyclic) bond motifs is 1. The van der Waals surface area contributed by atoms with Crippen molar-refractivity contribution in [2.45, 2.75) is 22.5 Å². The maximum absolute atomic E-state index is 11.7. The van der Waals surface area contributed by atoms with Crippen LogP contribution >= 0.6 is 27.7 Å². The second-order valence-corrected chi connectivity index (χ2v) is 5.92. The van der Waals surface area contributed by atoms with Crippen LogP contribution in [0.25, 0.3) is 0 Å². The maximum Gasteiger partial charge on any atom is 0.241 e. The summed E-state index contributed by atoms with van der Waals surface area (Å²) in [5.41, 5.74) is 0.937. The van der Waals surface area contributed by atoms with E-state index in [0.717, 1.165) is 23.0 Å². The lowest BCUT2D eigenvalue weighted by Crippen LogP contribution is -2.30. The number of rotatable bonds is 0. The van der Waals surface area contributed by atoms with Gasteiger partial charge in [0.05, 0.1) is 10.4 Å². The Labute approximate surface area is 94.6 Å². The molecular weight excluding hydrogens is 262 g/mol. The molecule has 1 heterocycles. The van der Waals surface area contributed by atoms with E-state index < -0.39 is 0 Å². The van der Waals surface area contributed by atoms with E-state index in [1.165, 1.54) is 4.90 Å². The van der Waals surface area contributed by atoms with Crippen molar-refractivity contribution in [3.63, 3.8) is 0 Å². The minimum Gasteiger partial charge on any atom is -0.324 e. The molecule has 4 heteroatoms. The quantitative estimate of drug-likeness (QED) is 0.785. The van der Waals surface area contributed by atoms with Gasteiger partial charge in [0.15, 0.2) is 0 Å². The number of nitrogens with one attached hydrogen (secondary N) is 1. The first kappa shape index (κ1) is 8.80. The van der Waals surface area contributed by atoms with E-state index in [-0.39, 0.29) is 10.7 Å². The third kappa shape index (κ3) is 1.13. The average molecular weight is 270 g/mol. The van der Waals surface area contributed by atoms with Crippen LogP contribution in [0, 0.1) is 0 Å². The van der Waals surface area contributed by atoms with Gasteiger partial charge in [0.2, 0.25) is 5.91 Å². The molecule has 0 bridgehead atoms. The molecule has 14 heavy (non-hydrogen) atoms. The van der Waals surface area contributed by atoms with Crippen molar-refractivity contribution < 1.29 is 4.79 Å². The fourth-order valence-electron chi connectivity index (χ4n) is 1.63. The van der Waals surface area contributed by atoms with E-state index in [1.807, 2.05) is 18.2 Å². The molecule has 1 aromatic carbocycles. The van der Waals surface area contributed by atoms with Crippen LogP contribution in [0.2, 0.25) is 0 Å². The SMILES string of the molecule is O=C1Nc2cccc(Br)c2SC12CC2. The van der Waals surface area contributed by atoms with Gasteiger partial charge in [0, 0.05) is 9.37 Å². The minimum atomic E-state index is -0.142. The van der Waals surface area contributed by atoms with Gasteiger partial charge < -0.3 is 5.32 Å². The number of hydrogen-bond acceptors (Lipinski definition) is 2. The van der Waals surface area contributed by atoms with Gasteiger partial charge in [-0.3, -0.25) is 4.79 Å². The number of thioether (sulfide) groups is 1. The number of carbonyl (C=O) groups excluding carboxylic acids is 1. The van der Waals surface area contributed by atoms with E-state index in [2.05, 4.69) is 21.2 Å². The summed E-state index contributed by atoms with van der Waals surface area (Å²) in [5, 5.41) is 2.96. The molecule has 3 rings (SSSR count). The Morgan fingerprint density at radius 2 is 2.21 bits per heavy atom. The second-order valence-electron chi connectivity index (χ2n) is 3.67. The zero-order chi connectivity index (χ0) is 9.76. The molecule has 0 aromatic heterocycles. The van der Waals surface area contributed by atoms with Crippen LogP contribution in [0.4, 0.5) is 5.69 Å². The lowest BCUT2D eigenvalue weighted by Gasteiger charge is -2.24. The molecular formula is C10H8BrNOS. The van der Waals surface area contributed by atoms with E-state index in [1.54, 1.807) is 11.8 Å². The van der Waals surface area contributed by atoms with Crippen LogP contribution in [0.15, 0.2) is 27.6 Å². The first-order valence-electron chi connectivity index (χ1n) is 4.50. The van der Waals surface area contributed by atoms with Crippen LogP contribution in [0.1, 0.15) is 12.8 Å². The minimum absolute atomic E-state index is 0.142. The van der Waals surface area contributed by atoms with Crippen LogP contribution in [-0.2, 0) is 4.79 Å². The molecule has 1 fully saturated rings. The Kier molecular flexibility index (Phi) is 1.74. The van der Waals surface area contributed by atoms with Crippen LogP contribution < -0.4 is 5.32 Å². The van der Waals surface area contributed by atoms with Gasteiger partial charge in [-0.2, -0.15) is 0 Å². The molecule has 2 nitrogen and oxygen atoms in total. The summed E-state index contributed by atoms with van der Waals surface area (Å²) >= 11 is 5.21. The highest BCUT2D eigenvalue weighted by molar-refractivity contribution is 9.10. The fraction of sp³-hybridized carbons (Fsp3) is 0.300. The van der Waals surface area contributed by atoms with Gasteiger partial charge in [-0.25, -0.2) is 0 Å². The third-order valence-electron chi connectivity index (χ3n) is 2.63. The molecule has 72 valence electrons. The third-order valence-corrected chi connectivity index (χ3v) is 5.18. The van der Waals surface area contributed by atoms with Gasteiger partial charge in [-0.1, -0.05) is 6.07 Å². The molecule has 1 amide bonds. The Hall–Kier alpha value is -0.480. The van der Waals surface area contributed by atoms with Gasteiger partial charge in [0.1, 0.15) is 0 Å². The first-order chi connectivity index (χ1) is 6.71. The van der Waals surface area contributed by atoms with Crippen molar-refractivity contribution in [3.8, 4) is 0 Å². The normalized spacial score (nSPS) is 21.6.